The Bertz CT molecular complexity index is 1240. The number of carbonyl (C=O) groups is 6. The van der Waals surface area contributed by atoms with E-state index in [9.17, 15) is 33.9 Å². The Kier molecular flexibility index (Phi) is 20.2. The van der Waals surface area contributed by atoms with Gasteiger partial charge in [-0.15, -0.1) is 0 Å². The number of nitrogens with one attached hydrogen (secondary N) is 4. The summed E-state index contributed by atoms with van der Waals surface area (Å²) in [5.74, 6) is -3.35. The van der Waals surface area contributed by atoms with Crippen LogP contribution in [0.1, 0.15) is 87.1 Å². The van der Waals surface area contributed by atoms with Gasteiger partial charge >= 0.3 is 18.0 Å². The normalized spacial score (nSPS) is 11.8. The minimum atomic E-state index is -1.19. The first kappa shape index (κ1) is 40.9. The lowest BCUT2D eigenvalue weighted by atomic mass is 10.1. The van der Waals surface area contributed by atoms with E-state index in [4.69, 9.17) is 21.3 Å². The van der Waals surface area contributed by atoms with Gasteiger partial charge in [-0.1, -0.05) is 0 Å². The van der Waals surface area contributed by atoms with Gasteiger partial charge in [0.1, 0.15) is 6.04 Å². The second-order valence-corrected chi connectivity index (χ2v) is 12.1. The summed E-state index contributed by atoms with van der Waals surface area (Å²) in [6.07, 6.45) is 2.34. The largest absolute Gasteiger partial charge is 0.481 e. The van der Waals surface area contributed by atoms with Crippen molar-refractivity contribution in [2.75, 3.05) is 19.7 Å². The summed E-state index contributed by atoms with van der Waals surface area (Å²) in [7, 11) is 0. The second-order valence-electron chi connectivity index (χ2n) is 10.8. The Morgan fingerprint density at radius 3 is 2.21 bits per heavy atom. The molecule has 0 aromatic heterocycles. The number of hydrogen-bond donors (Lipinski definition) is 8. The highest BCUT2D eigenvalue weighted by molar-refractivity contribution is 14.1. The zero-order chi connectivity index (χ0) is 35.2. The molecule has 1 unspecified atom stereocenters. The quantitative estimate of drug-likeness (QED) is 0.0343. The van der Waals surface area contributed by atoms with Crippen molar-refractivity contribution in [2.45, 2.75) is 89.8 Å². The van der Waals surface area contributed by atoms with Gasteiger partial charge in [0.15, 0.2) is 5.96 Å². The number of halogens is 1. The molecule has 0 aliphatic carbocycles. The Morgan fingerprint density at radius 1 is 0.851 bits per heavy atom. The standard InChI is InChI=1S/C30H46IN7O9/c1-19(8-11-26(41)42)37-30(46)47-14-6-2-4-12-34-24(39)9-10-25(40)38-23(28(44)45)7-3-5-13-35-27(43)21-15-20(16-22(31)17-21)18-36-29(32)33/h15-17,19,23H,2-14,18H2,1H3,(H,34,39)(H,35,43)(H,37,46)(H,38,40)(H,41,42)(H,44,45)(H4,32,33,36)/t19-,23?/m1/s1/i31-2. The molecule has 4 amide bonds. The summed E-state index contributed by atoms with van der Waals surface area (Å²) in [4.78, 5) is 74.7. The van der Waals surface area contributed by atoms with Gasteiger partial charge in [-0.2, -0.15) is 0 Å². The number of aliphatic imine (C=N–C) groups is 1. The third kappa shape index (κ3) is 20.6. The molecule has 1 aromatic rings. The van der Waals surface area contributed by atoms with Crippen LogP contribution in [0, 0.1) is 3.57 Å². The summed E-state index contributed by atoms with van der Waals surface area (Å²) in [5, 5.41) is 28.7. The molecule has 0 radical (unpaired) electrons. The topological polar surface area (TPSA) is 265 Å². The van der Waals surface area contributed by atoms with Crippen molar-refractivity contribution in [1.82, 2.24) is 21.3 Å². The number of amides is 4. The SMILES string of the molecule is C[C@H](CCC(=O)O)NC(=O)OCCCCCNC(=O)CCC(=O)NC(CCCCNC(=O)c1cc([125I])cc(CN=C(N)N)c1)C(=O)O. The van der Waals surface area contributed by atoms with Crippen LogP contribution in [-0.4, -0.2) is 83.7 Å². The summed E-state index contributed by atoms with van der Waals surface area (Å²) in [6.45, 7) is 2.80. The molecule has 0 aliphatic rings. The lowest BCUT2D eigenvalue weighted by molar-refractivity contribution is -0.142. The number of alkyl carbamates (subject to hydrolysis) is 1. The zero-order valence-corrected chi connectivity index (χ0v) is 28.7. The van der Waals surface area contributed by atoms with E-state index in [-0.39, 0.29) is 62.7 Å². The minimum Gasteiger partial charge on any atom is -0.481 e. The van der Waals surface area contributed by atoms with E-state index >= 15 is 0 Å². The van der Waals surface area contributed by atoms with Crippen LogP contribution in [0.3, 0.4) is 0 Å². The predicted molar refractivity (Wildman–Crippen MR) is 181 cm³/mol. The van der Waals surface area contributed by atoms with Crippen molar-refractivity contribution in [1.29, 1.82) is 0 Å². The zero-order valence-electron chi connectivity index (χ0n) is 26.5. The fourth-order valence-corrected chi connectivity index (χ4v) is 4.86. The lowest BCUT2D eigenvalue weighted by Gasteiger charge is -2.15. The van der Waals surface area contributed by atoms with E-state index < -0.39 is 30.0 Å². The highest BCUT2D eigenvalue weighted by Gasteiger charge is 2.20. The number of nitrogens with two attached hydrogens (primary N) is 2. The first-order valence-electron chi connectivity index (χ1n) is 15.3. The molecule has 0 spiro atoms. The molecule has 0 saturated heterocycles. The number of unbranched alkanes of at least 4 members (excludes halogenated alkanes) is 3. The molecule has 0 heterocycles. The van der Waals surface area contributed by atoms with Crippen molar-refractivity contribution >= 4 is 64.3 Å². The monoisotopic (exact) mass is 773 g/mol. The van der Waals surface area contributed by atoms with E-state index in [0.717, 1.165) is 9.13 Å². The van der Waals surface area contributed by atoms with Crippen LogP contribution >= 0.6 is 22.6 Å². The third-order valence-electron chi connectivity index (χ3n) is 6.61. The Morgan fingerprint density at radius 2 is 1.53 bits per heavy atom. The molecule has 1 aromatic carbocycles. The van der Waals surface area contributed by atoms with Gasteiger partial charge in [0.2, 0.25) is 11.8 Å². The maximum atomic E-state index is 12.6. The predicted octanol–water partition coefficient (Wildman–Crippen LogP) is 1.58. The first-order chi connectivity index (χ1) is 22.3. The van der Waals surface area contributed by atoms with Crippen molar-refractivity contribution in [3.8, 4) is 0 Å². The van der Waals surface area contributed by atoms with Crippen LogP contribution in [0.25, 0.3) is 0 Å². The van der Waals surface area contributed by atoms with Crippen molar-refractivity contribution in [3.05, 3.63) is 32.9 Å². The molecular formula is C30H46IN7O9. The number of hydrogen-bond acceptors (Lipinski definition) is 8. The van der Waals surface area contributed by atoms with Crippen molar-refractivity contribution < 1.29 is 43.7 Å². The average Bonchev–Trinajstić information content (AvgIpc) is 3.00. The van der Waals surface area contributed by atoms with E-state index in [1.807, 2.05) is 6.07 Å². The average molecular weight is 774 g/mol. The molecule has 17 heteroatoms. The van der Waals surface area contributed by atoms with Gasteiger partial charge < -0.3 is 47.7 Å². The number of rotatable bonds is 23. The number of guanidine groups is 1. The number of benzene rings is 1. The van der Waals surface area contributed by atoms with Crippen LogP contribution in [0.2, 0.25) is 0 Å². The van der Waals surface area contributed by atoms with Crippen molar-refractivity contribution in [3.63, 3.8) is 0 Å². The maximum Gasteiger partial charge on any atom is 0.407 e. The molecule has 0 bridgehead atoms. The van der Waals surface area contributed by atoms with E-state index in [1.165, 1.54) is 0 Å². The molecule has 262 valence electrons. The van der Waals surface area contributed by atoms with Gasteiger partial charge in [-0.3, -0.25) is 19.2 Å². The van der Waals surface area contributed by atoms with Gasteiger partial charge in [0.05, 0.1) is 13.2 Å². The molecule has 16 nitrogen and oxygen atoms in total. The van der Waals surface area contributed by atoms with E-state index in [2.05, 4.69) is 48.9 Å². The smallest absolute Gasteiger partial charge is 0.407 e. The molecular weight excluding hydrogens is 727 g/mol. The highest BCUT2D eigenvalue weighted by Crippen LogP contribution is 2.14. The number of carboxylic acid groups (broad SMARTS) is 2. The van der Waals surface area contributed by atoms with Gasteiger partial charge in [-0.05, 0) is 98.2 Å². The number of ether oxygens (including phenoxy) is 1. The Labute approximate surface area is 287 Å². The van der Waals surface area contributed by atoms with Gasteiger partial charge in [-0.25, -0.2) is 14.6 Å². The third-order valence-corrected chi connectivity index (χ3v) is 7.24. The fraction of sp³-hybridized carbons (Fsp3) is 0.567. The summed E-state index contributed by atoms with van der Waals surface area (Å²) < 4.78 is 5.89. The minimum absolute atomic E-state index is 0.0482. The molecule has 10 N–H and O–H groups in total. The second kappa shape index (κ2) is 23.2. The van der Waals surface area contributed by atoms with E-state index in [1.54, 1.807) is 19.1 Å². The molecule has 1 rings (SSSR count). The Balaban J connectivity index is 2.22. The van der Waals surface area contributed by atoms with E-state index in [0.29, 0.717) is 57.2 Å². The summed E-state index contributed by atoms with van der Waals surface area (Å²) >= 11 is 2.09. The maximum absolute atomic E-state index is 12.6. The summed E-state index contributed by atoms with van der Waals surface area (Å²) in [6, 6.07) is 3.85. The number of aliphatic carboxylic acids is 2. The van der Waals surface area contributed by atoms with Crippen LogP contribution in [-0.2, 0) is 30.5 Å². The molecule has 0 saturated carbocycles. The molecule has 0 aliphatic heterocycles. The molecule has 2 atom stereocenters. The first-order valence-corrected chi connectivity index (χ1v) is 16.4. The number of nitrogens with zero attached hydrogens (tertiary/aromatic N) is 1. The van der Waals surface area contributed by atoms with Gasteiger partial charge in [0, 0.05) is 47.5 Å². The number of carboxylic acids is 2. The van der Waals surface area contributed by atoms with Crippen molar-refractivity contribution in [2.24, 2.45) is 16.5 Å². The summed E-state index contributed by atoms with van der Waals surface area (Å²) in [5.41, 5.74) is 12.0. The number of carbonyl (C=O) groups excluding carboxylic acids is 4. The molecule has 47 heavy (non-hydrogen) atoms. The van der Waals surface area contributed by atoms with Crippen LogP contribution < -0.4 is 32.7 Å². The highest BCUT2D eigenvalue weighted by atomic mass is 125. The fourth-order valence-electron chi connectivity index (χ4n) is 4.12. The molecule has 0 fully saturated rings. The van der Waals surface area contributed by atoms with Crippen LogP contribution in [0.5, 0.6) is 0 Å². The Hall–Kier alpha value is -4.16. The lowest BCUT2D eigenvalue weighted by Crippen LogP contribution is -2.41. The van der Waals surface area contributed by atoms with Crippen LogP contribution in [0.15, 0.2) is 23.2 Å². The van der Waals surface area contributed by atoms with Gasteiger partial charge in [0.25, 0.3) is 5.91 Å². The van der Waals surface area contributed by atoms with Crippen LogP contribution in [0.4, 0.5) is 4.79 Å².